The Bertz CT molecular complexity index is 254. The van der Waals surface area contributed by atoms with Crippen molar-refractivity contribution in [2.75, 3.05) is 32.8 Å². The smallest absolute Gasteiger partial charge is 0.224 e. The third kappa shape index (κ3) is 3.66. The van der Waals surface area contributed by atoms with Gasteiger partial charge < -0.3 is 20.1 Å². The quantitative estimate of drug-likeness (QED) is 0.713. The molecule has 0 radical (unpaired) electrons. The van der Waals surface area contributed by atoms with E-state index < -0.39 is 0 Å². The Morgan fingerprint density at radius 2 is 2.12 bits per heavy atom. The fourth-order valence-electron chi connectivity index (χ4n) is 2.51. The van der Waals surface area contributed by atoms with Gasteiger partial charge in [0.2, 0.25) is 5.91 Å². The second kappa shape index (κ2) is 6.33. The molecule has 17 heavy (non-hydrogen) atoms. The fourth-order valence-corrected chi connectivity index (χ4v) is 2.51. The van der Waals surface area contributed by atoms with Gasteiger partial charge in [0.1, 0.15) is 0 Å². The maximum absolute atomic E-state index is 11.8. The van der Waals surface area contributed by atoms with Crippen LogP contribution in [0.25, 0.3) is 0 Å². The summed E-state index contributed by atoms with van der Waals surface area (Å²) >= 11 is 0. The van der Waals surface area contributed by atoms with E-state index in [0.29, 0.717) is 39.3 Å². The Hall–Kier alpha value is -0.650. The highest BCUT2D eigenvalue weighted by molar-refractivity contribution is 5.76. The number of morpholine rings is 1. The zero-order valence-corrected chi connectivity index (χ0v) is 10.2. The van der Waals surface area contributed by atoms with Gasteiger partial charge in [-0.1, -0.05) is 0 Å². The van der Waals surface area contributed by atoms with Crippen molar-refractivity contribution < 1.29 is 14.6 Å². The van der Waals surface area contributed by atoms with E-state index in [9.17, 15) is 9.90 Å². The van der Waals surface area contributed by atoms with Crippen molar-refractivity contribution in [3.8, 4) is 0 Å². The van der Waals surface area contributed by atoms with Crippen LogP contribution in [0.4, 0.5) is 0 Å². The number of carbonyl (C=O) groups is 1. The van der Waals surface area contributed by atoms with Gasteiger partial charge in [0.25, 0.3) is 0 Å². The molecule has 1 aliphatic carbocycles. The predicted octanol–water partition coefficient (Wildman–Crippen LogP) is -0.262. The van der Waals surface area contributed by atoms with Crippen molar-refractivity contribution in [3.05, 3.63) is 0 Å². The molecule has 1 aliphatic heterocycles. The molecule has 98 valence electrons. The molecular formula is C12H22N2O3. The molecule has 0 spiro atoms. The van der Waals surface area contributed by atoms with Crippen LogP contribution in [-0.2, 0) is 9.53 Å². The van der Waals surface area contributed by atoms with Crippen LogP contribution in [-0.4, -0.2) is 60.9 Å². The van der Waals surface area contributed by atoms with Crippen LogP contribution >= 0.6 is 0 Å². The van der Waals surface area contributed by atoms with Crippen molar-refractivity contribution in [1.29, 1.82) is 0 Å². The van der Waals surface area contributed by atoms with Crippen LogP contribution in [0.1, 0.15) is 25.7 Å². The molecule has 1 amide bonds. The fraction of sp³-hybridized carbons (Fsp3) is 0.917. The van der Waals surface area contributed by atoms with E-state index in [1.165, 1.54) is 0 Å². The molecule has 0 aromatic heterocycles. The van der Waals surface area contributed by atoms with Gasteiger partial charge >= 0.3 is 0 Å². The monoisotopic (exact) mass is 242 g/mol. The van der Waals surface area contributed by atoms with Gasteiger partial charge in [-0.2, -0.15) is 0 Å². The first-order valence-electron chi connectivity index (χ1n) is 6.54. The highest BCUT2D eigenvalue weighted by Crippen LogP contribution is 2.18. The van der Waals surface area contributed by atoms with Crippen LogP contribution in [0.2, 0.25) is 0 Å². The summed E-state index contributed by atoms with van der Waals surface area (Å²) in [7, 11) is 0. The third-order valence-corrected chi connectivity index (χ3v) is 3.59. The standard InChI is InChI=1S/C12H22N2O3/c15-11-3-1-2-10(11)13-5-4-12(16)14-6-8-17-9-7-14/h10-11,13,15H,1-9H2/t10-,11-/m0/s1. The van der Waals surface area contributed by atoms with Gasteiger partial charge in [-0.05, 0) is 19.3 Å². The van der Waals surface area contributed by atoms with E-state index in [0.717, 1.165) is 19.3 Å². The lowest BCUT2D eigenvalue weighted by Gasteiger charge is -2.27. The molecule has 2 N–H and O–H groups in total. The summed E-state index contributed by atoms with van der Waals surface area (Å²) < 4.78 is 5.21. The molecule has 5 heteroatoms. The summed E-state index contributed by atoms with van der Waals surface area (Å²) in [5.41, 5.74) is 0. The molecule has 2 atom stereocenters. The first-order chi connectivity index (χ1) is 8.27. The van der Waals surface area contributed by atoms with Crippen molar-refractivity contribution >= 4 is 5.91 Å². The van der Waals surface area contributed by atoms with Crippen LogP contribution in [0.3, 0.4) is 0 Å². The third-order valence-electron chi connectivity index (χ3n) is 3.59. The molecular weight excluding hydrogens is 220 g/mol. The summed E-state index contributed by atoms with van der Waals surface area (Å²) in [6, 6.07) is 0.187. The van der Waals surface area contributed by atoms with E-state index in [-0.39, 0.29) is 18.1 Å². The molecule has 0 bridgehead atoms. The lowest BCUT2D eigenvalue weighted by atomic mass is 10.2. The molecule has 1 saturated heterocycles. The van der Waals surface area contributed by atoms with E-state index in [1.807, 2.05) is 4.90 Å². The van der Waals surface area contributed by atoms with Crippen LogP contribution in [0.15, 0.2) is 0 Å². The van der Waals surface area contributed by atoms with Gasteiger partial charge in [-0.25, -0.2) is 0 Å². The molecule has 1 saturated carbocycles. The minimum atomic E-state index is -0.228. The second-order valence-corrected chi connectivity index (χ2v) is 4.80. The highest BCUT2D eigenvalue weighted by atomic mass is 16.5. The van der Waals surface area contributed by atoms with Crippen LogP contribution in [0, 0.1) is 0 Å². The summed E-state index contributed by atoms with van der Waals surface area (Å²) in [4.78, 5) is 13.7. The number of nitrogens with zero attached hydrogens (tertiary/aromatic N) is 1. The number of ether oxygens (including phenoxy) is 1. The first kappa shape index (κ1) is 12.8. The SMILES string of the molecule is O=C(CCN[C@H]1CCC[C@@H]1O)N1CCOCC1. The molecule has 2 aliphatic rings. The van der Waals surface area contributed by atoms with Crippen molar-refractivity contribution in [2.24, 2.45) is 0 Å². The summed E-state index contributed by atoms with van der Waals surface area (Å²) in [6.07, 6.45) is 3.27. The molecule has 0 aromatic rings. The molecule has 0 unspecified atom stereocenters. The zero-order chi connectivity index (χ0) is 12.1. The molecule has 2 fully saturated rings. The topological polar surface area (TPSA) is 61.8 Å². The number of amides is 1. The highest BCUT2D eigenvalue weighted by Gasteiger charge is 2.24. The number of carbonyl (C=O) groups excluding carboxylic acids is 1. The van der Waals surface area contributed by atoms with Crippen molar-refractivity contribution in [1.82, 2.24) is 10.2 Å². The normalized spacial score (nSPS) is 29.6. The van der Waals surface area contributed by atoms with Crippen LogP contribution in [0.5, 0.6) is 0 Å². The maximum Gasteiger partial charge on any atom is 0.224 e. The molecule has 2 rings (SSSR count). The predicted molar refractivity (Wildman–Crippen MR) is 63.7 cm³/mol. The lowest BCUT2D eigenvalue weighted by Crippen LogP contribution is -2.43. The van der Waals surface area contributed by atoms with E-state index >= 15 is 0 Å². The lowest BCUT2D eigenvalue weighted by molar-refractivity contribution is -0.135. The Morgan fingerprint density at radius 1 is 1.35 bits per heavy atom. The Morgan fingerprint density at radius 3 is 2.76 bits per heavy atom. The van der Waals surface area contributed by atoms with Crippen molar-refractivity contribution in [3.63, 3.8) is 0 Å². The minimum absolute atomic E-state index is 0.187. The first-order valence-corrected chi connectivity index (χ1v) is 6.54. The molecule has 1 heterocycles. The molecule has 5 nitrogen and oxygen atoms in total. The van der Waals surface area contributed by atoms with Crippen LogP contribution < -0.4 is 5.32 Å². The van der Waals surface area contributed by atoms with E-state index in [1.54, 1.807) is 0 Å². The van der Waals surface area contributed by atoms with E-state index in [4.69, 9.17) is 4.74 Å². The largest absolute Gasteiger partial charge is 0.392 e. The summed E-state index contributed by atoms with van der Waals surface area (Å²) in [5, 5.41) is 12.9. The Balaban J connectivity index is 1.62. The van der Waals surface area contributed by atoms with Gasteiger partial charge in [0.15, 0.2) is 0 Å². The number of rotatable bonds is 4. The van der Waals surface area contributed by atoms with Crippen molar-refractivity contribution in [2.45, 2.75) is 37.8 Å². The second-order valence-electron chi connectivity index (χ2n) is 4.80. The number of aliphatic hydroxyl groups excluding tert-OH is 1. The number of hydrogen-bond acceptors (Lipinski definition) is 4. The average molecular weight is 242 g/mol. The zero-order valence-electron chi connectivity index (χ0n) is 10.2. The van der Waals surface area contributed by atoms with Gasteiger partial charge in [0, 0.05) is 32.1 Å². The van der Waals surface area contributed by atoms with Gasteiger partial charge in [0.05, 0.1) is 19.3 Å². The Labute approximate surface area is 102 Å². The number of aliphatic hydroxyl groups is 1. The van der Waals surface area contributed by atoms with E-state index in [2.05, 4.69) is 5.32 Å². The summed E-state index contributed by atoms with van der Waals surface area (Å²) in [6.45, 7) is 3.40. The Kier molecular flexibility index (Phi) is 4.76. The number of hydrogen-bond donors (Lipinski definition) is 2. The number of nitrogens with one attached hydrogen (secondary N) is 1. The summed E-state index contributed by atoms with van der Waals surface area (Å²) in [5.74, 6) is 0.188. The van der Waals surface area contributed by atoms with Gasteiger partial charge in [-0.3, -0.25) is 4.79 Å². The maximum atomic E-state index is 11.8. The minimum Gasteiger partial charge on any atom is -0.392 e. The van der Waals surface area contributed by atoms with Gasteiger partial charge in [-0.15, -0.1) is 0 Å². The molecule has 0 aromatic carbocycles. The average Bonchev–Trinajstić information content (AvgIpc) is 2.76.